The van der Waals surface area contributed by atoms with Crippen LogP contribution in [0.4, 0.5) is 5.13 Å². The van der Waals surface area contributed by atoms with E-state index in [1.165, 1.54) is 23.1 Å². The van der Waals surface area contributed by atoms with Crippen LogP contribution in [-0.2, 0) is 15.3 Å². The molecule has 1 aliphatic carbocycles. The number of carbonyl (C=O) groups excluding carboxylic acids is 2. The van der Waals surface area contributed by atoms with Gasteiger partial charge >= 0.3 is 0 Å². The van der Waals surface area contributed by atoms with Crippen molar-refractivity contribution in [3.05, 3.63) is 11.1 Å². The number of carbonyl (C=O) groups is 2. The van der Waals surface area contributed by atoms with Gasteiger partial charge in [-0.1, -0.05) is 0 Å². The number of rotatable bonds is 6. The van der Waals surface area contributed by atoms with Gasteiger partial charge in [0.1, 0.15) is 0 Å². The number of thioether (sulfide) groups is 1. The molecule has 0 aromatic carbocycles. The summed E-state index contributed by atoms with van der Waals surface area (Å²) in [4.78, 5) is 26.3. The van der Waals surface area contributed by atoms with E-state index in [0.717, 1.165) is 18.5 Å². The summed E-state index contributed by atoms with van der Waals surface area (Å²) in [6.07, 6.45) is 1.97. The zero-order chi connectivity index (χ0) is 12.3. The zero-order valence-corrected chi connectivity index (χ0v) is 10.8. The van der Waals surface area contributed by atoms with Crippen molar-refractivity contribution in [2.45, 2.75) is 18.6 Å². The molecule has 1 aliphatic rings. The molecule has 92 valence electrons. The maximum atomic E-state index is 11.5. The van der Waals surface area contributed by atoms with Crippen molar-refractivity contribution >= 4 is 40.0 Å². The van der Waals surface area contributed by atoms with Gasteiger partial charge in [-0.15, -0.1) is 23.1 Å². The Bertz CT molecular complexity index is 429. The maximum absolute atomic E-state index is 11.5. The second-order valence-corrected chi connectivity index (χ2v) is 5.71. The second kappa shape index (κ2) is 5.50. The fourth-order valence-electron chi connectivity index (χ4n) is 1.24. The molecule has 3 N–H and O–H groups in total. The smallest absolute Gasteiger partial charge is 0.229 e. The Morgan fingerprint density at radius 1 is 1.59 bits per heavy atom. The molecule has 0 saturated heterocycles. The minimum absolute atomic E-state index is 0.0655. The van der Waals surface area contributed by atoms with Crippen molar-refractivity contribution in [3.63, 3.8) is 0 Å². The summed E-state index contributed by atoms with van der Waals surface area (Å²) in [5.74, 6) is 0.856. The second-order valence-electron chi connectivity index (χ2n) is 3.87. The third-order valence-electron chi connectivity index (χ3n) is 2.22. The van der Waals surface area contributed by atoms with Crippen LogP contribution in [0.5, 0.6) is 0 Å². The molecule has 0 aliphatic heterocycles. The van der Waals surface area contributed by atoms with Crippen molar-refractivity contribution in [2.75, 3.05) is 11.1 Å². The van der Waals surface area contributed by atoms with E-state index < -0.39 is 0 Å². The molecule has 1 fully saturated rings. The van der Waals surface area contributed by atoms with Crippen LogP contribution < -0.4 is 11.1 Å². The highest BCUT2D eigenvalue weighted by molar-refractivity contribution is 7.99. The van der Waals surface area contributed by atoms with E-state index in [0.29, 0.717) is 16.6 Å². The molecule has 1 aromatic rings. The molecule has 7 heteroatoms. The summed E-state index contributed by atoms with van der Waals surface area (Å²) in [5.41, 5.74) is 5.90. The fourth-order valence-corrected chi connectivity index (χ4v) is 2.72. The van der Waals surface area contributed by atoms with Crippen molar-refractivity contribution in [3.8, 4) is 0 Å². The van der Waals surface area contributed by atoms with Gasteiger partial charge in [0.2, 0.25) is 11.8 Å². The van der Waals surface area contributed by atoms with Gasteiger partial charge < -0.3 is 11.1 Å². The Balaban J connectivity index is 1.78. The number of thiazole rings is 1. The van der Waals surface area contributed by atoms with E-state index >= 15 is 0 Å². The first-order valence-electron chi connectivity index (χ1n) is 5.26. The Kier molecular flexibility index (Phi) is 4.01. The van der Waals surface area contributed by atoms with Crippen LogP contribution in [0, 0.1) is 5.92 Å². The Morgan fingerprint density at radius 3 is 3.00 bits per heavy atom. The lowest BCUT2D eigenvalue weighted by atomic mass is 10.4. The molecule has 0 bridgehead atoms. The Morgan fingerprint density at radius 2 is 2.35 bits per heavy atom. The van der Waals surface area contributed by atoms with E-state index in [4.69, 9.17) is 5.73 Å². The van der Waals surface area contributed by atoms with Crippen molar-refractivity contribution in [1.29, 1.82) is 0 Å². The average molecular weight is 271 g/mol. The van der Waals surface area contributed by atoms with Gasteiger partial charge in [-0.25, -0.2) is 4.98 Å². The van der Waals surface area contributed by atoms with Crippen LogP contribution in [0.1, 0.15) is 18.5 Å². The number of nitrogens with zero attached hydrogens (tertiary/aromatic N) is 1. The number of amides is 2. The molecule has 0 unspecified atom stereocenters. The van der Waals surface area contributed by atoms with Crippen LogP contribution in [0.15, 0.2) is 5.38 Å². The summed E-state index contributed by atoms with van der Waals surface area (Å²) in [5, 5.41) is 5.31. The molecule has 0 spiro atoms. The molecular weight excluding hydrogens is 258 g/mol. The lowest BCUT2D eigenvalue weighted by Crippen LogP contribution is -2.13. The number of nitrogens with two attached hydrogens (primary N) is 1. The van der Waals surface area contributed by atoms with E-state index in [2.05, 4.69) is 10.3 Å². The highest BCUT2D eigenvalue weighted by Crippen LogP contribution is 2.30. The number of aromatic nitrogens is 1. The predicted molar refractivity (Wildman–Crippen MR) is 68.8 cm³/mol. The summed E-state index contributed by atoms with van der Waals surface area (Å²) < 4.78 is 0. The molecule has 2 rings (SSSR count). The first-order valence-corrected chi connectivity index (χ1v) is 7.30. The van der Waals surface area contributed by atoms with Crippen molar-refractivity contribution in [2.24, 2.45) is 11.7 Å². The third kappa shape index (κ3) is 4.01. The minimum Gasteiger partial charge on any atom is -0.369 e. The van der Waals surface area contributed by atoms with Gasteiger partial charge in [0.05, 0.1) is 11.4 Å². The minimum atomic E-state index is -0.326. The van der Waals surface area contributed by atoms with Crippen LogP contribution in [-0.4, -0.2) is 22.6 Å². The van der Waals surface area contributed by atoms with Gasteiger partial charge in [-0.3, -0.25) is 9.59 Å². The summed E-state index contributed by atoms with van der Waals surface area (Å²) in [7, 11) is 0. The van der Waals surface area contributed by atoms with Gasteiger partial charge in [-0.2, -0.15) is 0 Å². The predicted octanol–water partition coefficient (Wildman–Crippen LogP) is 1.21. The topological polar surface area (TPSA) is 85.1 Å². The highest BCUT2D eigenvalue weighted by atomic mass is 32.2. The molecule has 0 radical (unpaired) electrons. The SMILES string of the molecule is NC(=O)CSCc1csc(NC(=O)C2CC2)n1. The Hall–Kier alpha value is -1.08. The molecule has 1 saturated carbocycles. The molecule has 1 heterocycles. The number of hydrogen-bond donors (Lipinski definition) is 2. The summed E-state index contributed by atoms with van der Waals surface area (Å²) in [6.45, 7) is 0. The standard InChI is InChI=1S/C10H13N3O2S2/c11-8(14)5-16-3-7-4-17-10(12-7)13-9(15)6-1-2-6/h4,6H,1-3,5H2,(H2,11,14)(H,12,13,15). The normalized spacial score (nSPS) is 14.6. The van der Waals surface area contributed by atoms with Crippen LogP contribution >= 0.6 is 23.1 Å². The summed E-state index contributed by atoms with van der Waals surface area (Å²) in [6, 6.07) is 0. The molecule has 0 atom stereocenters. The molecule has 1 aromatic heterocycles. The van der Waals surface area contributed by atoms with Gasteiger partial charge in [0.15, 0.2) is 5.13 Å². The highest BCUT2D eigenvalue weighted by Gasteiger charge is 2.30. The number of anilines is 1. The van der Waals surface area contributed by atoms with Crippen molar-refractivity contribution in [1.82, 2.24) is 4.98 Å². The average Bonchev–Trinajstić information content (AvgIpc) is 3.02. The van der Waals surface area contributed by atoms with Gasteiger partial charge in [0, 0.05) is 17.1 Å². The summed E-state index contributed by atoms with van der Waals surface area (Å²) >= 11 is 2.83. The quantitative estimate of drug-likeness (QED) is 0.814. The molecule has 2 amide bonds. The zero-order valence-electron chi connectivity index (χ0n) is 9.14. The molecule has 5 nitrogen and oxygen atoms in total. The van der Waals surface area contributed by atoms with Gasteiger partial charge in [-0.05, 0) is 12.8 Å². The van der Waals surface area contributed by atoms with E-state index in [1.54, 1.807) is 0 Å². The van der Waals surface area contributed by atoms with E-state index in [9.17, 15) is 9.59 Å². The van der Waals surface area contributed by atoms with Crippen LogP contribution in [0.25, 0.3) is 0 Å². The number of nitrogens with one attached hydrogen (secondary N) is 1. The first kappa shape index (κ1) is 12.4. The molecule has 17 heavy (non-hydrogen) atoms. The largest absolute Gasteiger partial charge is 0.369 e. The van der Waals surface area contributed by atoms with Crippen molar-refractivity contribution < 1.29 is 9.59 Å². The first-order chi connectivity index (χ1) is 8.15. The van der Waals surface area contributed by atoms with E-state index in [-0.39, 0.29) is 17.7 Å². The van der Waals surface area contributed by atoms with E-state index in [1.807, 2.05) is 5.38 Å². The van der Waals surface area contributed by atoms with Crippen LogP contribution in [0.3, 0.4) is 0 Å². The fraction of sp³-hybridized carbons (Fsp3) is 0.500. The maximum Gasteiger partial charge on any atom is 0.229 e. The lowest BCUT2D eigenvalue weighted by Gasteiger charge is -1.98. The lowest BCUT2D eigenvalue weighted by molar-refractivity contribution is -0.117. The molecular formula is C10H13N3O2S2. The third-order valence-corrected chi connectivity index (χ3v) is 4.02. The number of hydrogen-bond acceptors (Lipinski definition) is 5. The monoisotopic (exact) mass is 271 g/mol. The van der Waals surface area contributed by atoms with Crippen LogP contribution in [0.2, 0.25) is 0 Å². The number of primary amides is 1. The Labute approximate surface area is 107 Å². The van der Waals surface area contributed by atoms with Gasteiger partial charge in [0.25, 0.3) is 0 Å².